The fourth-order valence-electron chi connectivity index (χ4n) is 1.99. The molecule has 0 unspecified atom stereocenters. The molecule has 1 N–H and O–H groups in total. The molecular weight excluding hydrogens is 240 g/mol. The number of hydrogen-bond acceptors (Lipinski definition) is 4. The first-order valence-corrected chi connectivity index (χ1v) is 6.44. The second-order valence-corrected chi connectivity index (χ2v) is 4.60. The van der Waals surface area contributed by atoms with E-state index in [0.29, 0.717) is 11.8 Å². The number of furan rings is 1. The number of nitrogens with one attached hydrogen (secondary N) is 1. The zero-order valence-corrected chi connectivity index (χ0v) is 10.9. The molecule has 5 heteroatoms. The van der Waals surface area contributed by atoms with Crippen LogP contribution in [0.25, 0.3) is 0 Å². The number of morpholine rings is 1. The highest BCUT2D eigenvalue weighted by Crippen LogP contribution is 2.12. The van der Waals surface area contributed by atoms with Gasteiger partial charge in [0.05, 0.1) is 19.3 Å². The van der Waals surface area contributed by atoms with Gasteiger partial charge in [0.2, 0.25) is 0 Å². The van der Waals surface area contributed by atoms with E-state index in [1.807, 2.05) is 6.07 Å². The Balaban J connectivity index is 1.68. The Bertz CT molecular complexity index is 343. The Morgan fingerprint density at radius 3 is 3.12 bits per heavy atom. The summed E-state index contributed by atoms with van der Waals surface area (Å²) in [5, 5.41) is 3.76. The maximum Gasteiger partial charge on any atom is 0.193 e. The van der Waals surface area contributed by atoms with Gasteiger partial charge in [-0.1, -0.05) is 6.92 Å². The van der Waals surface area contributed by atoms with E-state index in [1.54, 1.807) is 6.07 Å². The normalized spacial score (nSPS) is 21.9. The number of nitrogens with zero attached hydrogens (tertiary/aromatic N) is 1. The molecule has 1 aromatic rings. The molecule has 0 saturated carbocycles. The minimum Gasteiger partial charge on any atom is -0.448 e. The first kappa shape index (κ1) is 12.9. The van der Waals surface area contributed by atoms with Gasteiger partial charge < -0.3 is 14.5 Å². The van der Waals surface area contributed by atoms with Crippen molar-refractivity contribution >= 4 is 11.6 Å². The van der Waals surface area contributed by atoms with Crippen LogP contribution in [-0.4, -0.2) is 43.8 Å². The van der Waals surface area contributed by atoms with Crippen LogP contribution in [0.5, 0.6) is 0 Å². The van der Waals surface area contributed by atoms with Crippen molar-refractivity contribution in [3.05, 3.63) is 23.1 Å². The third-order valence-corrected chi connectivity index (χ3v) is 3.17. The third-order valence-electron chi connectivity index (χ3n) is 2.97. The van der Waals surface area contributed by atoms with E-state index < -0.39 is 0 Å². The fourth-order valence-corrected chi connectivity index (χ4v) is 2.16. The second-order valence-electron chi connectivity index (χ2n) is 4.22. The fraction of sp³-hybridized carbons (Fsp3) is 0.667. The third kappa shape index (κ3) is 4.00. The molecule has 2 rings (SSSR count). The lowest BCUT2D eigenvalue weighted by atomic mass is 10.2. The highest BCUT2D eigenvalue weighted by molar-refractivity contribution is 6.28. The van der Waals surface area contributed by atoms with Crippen LogP contribution >= 0.6 is 11.6 Å². The van der Waals surface area contributed by atoms with Gasteiger partial charge in [0.15, 0.2) is 5.22 Å². The molecule has 1 aliphatic rings. The Hall–Kier alpha value is -0.550. The molecule has 1 aliphatic heterocycles. The van der Waals surface area contributed by atoms with E-state index in [2.05, 4.69) is 17.1 Å². The largest absolute Gasteiger partial charge is 0.448 e. The molecule has 0 amide bonds. The summed E-state index contributed by atoms with van der Waals surface area (Å²) in [6.45, 7) is 7.68. The van der Waals surface area contributed by atoms with Crippen molar-refractivity contribution in [3.63, 3.8) is 0 Å². The first-order valence-electron chi connectivity index (χ1n) is 6.07. The van der Waals surface area contributed by atoms with Gasteiger partial charge in [-0.15, -0.1) is 0 Å². The number of ether oxygens (including phenoxy) is 1. The lowest BCUT2D eigenvalue weighted by Crippen LogP contribution is -2.46. The van der Waals surface area contributed by atoms with Crippen molar-refractivity contribution < 1.29 is 9.15 Å². The van der Waals surface area contributed by atoms with Gasteiger partial charge in [0.25, 0.3) is 0 Å². The van der Waals surface area contributed by atoms with Gasteiger partial charge in [-0.05, 0) is 30.3 Å². The van der Waals surface area contributed by atoms with Crippen molar-refractivity contribution in [3.8, 4) is 0 Å². The van der Waals surface area contributed by atoms with Crippen LogP contribution in [0.4, 0.5) is 0 Å². The van der Waals surface area contributed by atoms with Gasteiger partial charge in [0.1, 0.15) is 5.76 Å². The van der Waals surface area contributed by atoms with Crippen molar-refractivity contribution in [1.29, 1.82) is 0 Å². The highest BCUT2D eigenvalue weighted by atomic mass is 35.5. The van der Waals surface area contributed by atoms with Gasteiger partial charge in [0, 0.05) is 19.6 Å². The number of likely N-dealkylation sites (N-methyl/N-ethyl adjacent to an activating group) is 1. The number of halogens is 1. The average molecular weight is 259 g/mol. The zero-order valence-electron chi connectivity index (χ0n) is 10.1. The second kappa shape index (κ2) is 6.40. The monoisotopic (exact) mass is 258 g/mol. The summed E-state index contributed by atoms with van der Waals surface area (Å²) < 4.78 is 11.0. The molecule has 96 valence electrons. The molecule has 1 aromatic heterocycles. The molecule has 1 fully saturated rings. The quantitative estimate of drug-likeness (QED) is 0.873. The minimum absolute atomic E-state index is 0.272. The van der Waals surface area contributed by atoms with Crippen molar-refractivity contribution in [1.82, 2.24) is 10.2 Å². The lowest BCUT2D eigenvalue weighted by Gasteiger charge is -2.32. The van der Waals surface area contributed by atoms with Crippen LogP contribution < -0.4 is 5.32 Å². The van der Waals surface area contributed by atoms with E-state index in [1.165, 1.54) is 0 Å². The number of rotatable bonds is 5. The summed E-state index contributed by atoms with van der Waals surface area (Å²) >= 11 is 5.70. The average Bonchev–Trinajstić information content (AvgIpc) is 2.75. The summed E-state index contributed by atoms with van der Waals surface area (Å²) in [6, 6.07) is 3.64. The van der Waals surface area contributed by atoms with Crippen LogP contribution in [0, 0.1) is 0 Å². The van der Waals surface area contributed by atoms with Gasteiger partial charge in [-0.3, -0.25) is 4.90 Å². The summed E-state index contributed by atoms with van der Waals surface area (Å²) in [4.78, 5) is 2.40. The molecule has 1 saturated heterocycles. The molecule has 0 aliphatic carbocycles. The molecular formula is C12H19ClN2O2. The van der Waals surface area contributed by atoms with E-state index in [-0.39, 0.29) is 6.10 Å². The predicted octanol–water partition coefficient (Wildman–Crippen LogP) is 1.74. The van der Waals surface area contributed by atoms with Crippen LogP contribution in [0.2, 0.25) is 5.22 Å². The zero-order chi connectivity index (χ0) is 12.1. The molecule has 0 bridgehead atoms. The van der Waals surface area contributed by atoms with Crippen molar-refractivity contribution in [2.75, 3.05) is 32.8 Å². The Morgan fingerprint density at radius 2 is 2.41 bits per heavy atom. The first-order chi connectivity index (χ1) is 8.28. The molecule has 0 spiro atoms. The van der Waals surface area contributed by atoms with Crippen molar-refractivity contribution in [2.24, 2.45) is 0 Å². The van der Waals surface area contributed by atoms with Gasteiger partial charge in [-0.2, -0.15) is 0 Å². The Kier molecular flexibility index (Phi) is 4.86. The summed E-state index contributed by atoms with van der Waals surface area (Å²) in [7, 11) is 0. The highest BCUT2D eigenvalue weighted by Gasteiger charge is 2.18. The molecule has 1 atom stereocenters. The van der Waals surface area contributed by atoms with Crippen LogP contribution in [-0.2, 0) is 11.3 Å². The topological polar surface area (TPSA) is 37.6 Å². The summed E-state index contributed by atoms with van der Waals surface area (Å²) in [5.41, 5.74) is 0. The summed E-state index contributed by atoms with van der Waals surface area (Å²) in [5.74, 6) is 0.859. The van der Waals surface area contributed by atoms with Gasteiger partial charge in [-0.25, -0.2) is 0 Å². The molecule has 0 radical (unpaired) electrons. The smallest absolute Gasteiger partial charge is 0.193 e. The van der Waals surface area contributed by atoms with Crippen LogP contribution in [0.15, 0.2) is 16.5 Å². The number of hydrogen-bond donors (Lipinski definition) is 1. The maximum atomic E-state index is 5.70. The molecule has 4 nitrogen and oxygen atoms in total. The SMILES string of the molecule is CCN1CCO[C@@H](CNCc2ccc(Cl)o2)C1. The predicted molar refractivity (Wildman–Crippen MR) is 67.3 cm³/mol. The molecule has 2 heterocycles. The molecule has 0 aromatic carbocycles. The minimum atomic E-state index is 0.272. The van der Waals surface area contributed by atoms with E-state index in [9.17, 15) is 0 Å². The van der Waals surface area contributed by atoms with E-state index in [0.717, 1.165) is 38.5 Å². The summed E-state index contributed by atoms with van der Waals surface area (Å²) in [6.07, 6.45) is 0.272. The standard InChI is InChI=1S/C12H19ClN2O2/c1-2-15-5-6-16-11(9-15)8-14-7-10-3-4-12(13)17-10/h3-4,11,14H,2,5-9H2,1H3/t11-/m0/s1. The maximum absolute atomic E-state index is 5.70. The van der Waals surface area contributed by atoms with E-state index in [4.69, 9.17) is 20.8 Å². The Morgan fingerprint density at radius 1 is 1.53 bits per heavy atom. The molecule has 17 heavy (non-hydrogen) atoms. The Labute approximate surface area is 107 Å². The lowest BCUT2D eigenvalue weighted by molar-refractivity contribution is -0.0255. The van der Waals surface area contributed by atoms with E-state index >= 15 is 0 Å². The van der Waals surface area contributed by atoms with Gasteiger partial charge >= 0.3 is 0 Å². The van der Waals surface area contributed by atoms with Crippen molar-refractivity contribution in [2.45, 2.75) is 19.6 Å². The van der Waals surface area contributed by atoms with Crippen LogP contribution in [0.3, 0.4) is 0 Å². The van der Waals surface area contributed by atoms with Crippen LogP contribution in [0.1, 0.15) is 12.7 Å².